The highest BCUT2D eigenvalue weighted by atomic mass is 28.3. The maximum Gasteiger partial charge on any atom is 0.130 e. The standard InChI is InChI=1S/C12H26OSi/c1-8-13-12(6)14(7,11(4)5)9-10(2)3/h10-11H,6,8-9H2,1-5,7H3. The summed E-state index contributed by atoms with van der Waals surface area (Å²) in [5.41, 5.74) is 0.712. The largest absolute Gasteiger partial charge is 0.504 e. The van der Waals surface area contributed by atoms with Gasteiger partial charge in [0.15, 0.2) is 0 Å². The van der Waals surface area contributed by atoms with Gasteiger partial charge in [0.05, 0.1) is 12.0 Å². The fourth-order valence-corrected chi connectivity index (χ4v) is 5.37. The number of ether oxygens (including phenoxy) is 1. The van der Waals surface area contributed by atoms with Gasteiger partial charge in [-0.15, -0.1) is 0 Å². The van der Waals surface area contributed by atoms with Crippen LogP contribution in [0.15, 0.2) is 12.0 Å². The van der Waals surface area contributed by atoms with E-state index in [1.807, 2.05) is 6.92 Å². The summed E-state index contributed by atoms with van der Waals surface area (Å²) in [6.45, 7) is 18.5. The van der Waals surface area contributed by atoms with Gasteiger partial charge in [0.25, 0.3) is 0 Å². The minimum atomic E-state index is -1.43. The van der Waals surface area contributed by atoms with Crippen molar-refractivity contribution in [3.05, 3.63) is 12.0 Å². The lowest BCUT2D eigenvalue weighted by Crippen LogP contribution is -2.39. The van der Waals surface area contributed by atoms with E-state index in [0.717, 1.165) is 17.9 Å². The van der Waals surface area contributed by atoms with Crippen LogP contribution in [0.5, 0.6) is 0 Å². The Balaban J connectivity index is 4.62. The van der Waals surface area contributed by atoms with Gasteiger partial charge in [0.1, 0.15) is 8.07 Å². The van der Waals surface area contributed by atoms with Crippen molar-refractivity contribution in [3.63, 3.8) is 0 Å². The molecule has 1 atom stereocenters. The molecule has 0 aromatic rings. The Kier molecular flexibility index (Phi) is 5.50. The maximum absolute atomic E-state index is 5.64. The Hall–Kier alpha value is -0.243. The molecule has 0 aliphatic carbocycles. The van der Waals surface area contributed by atoms with Gasteiger partial charge in [-0.05, 0) is 24.4 Å². The molecule has 0 aliphatic heterocycles. The zero-order valence-electron chi connectivity index (χ0n) is 10.7. The molecular weight excluding hydrogens is 188 g/mol. The predicted molar refractivity (Wildman–Crippen MR) is 67.1 cm³/mol. The van der Waals surface area contributed by atoms with Crippen LogP contribution in [0.3, 0.4) is 0 Å². The van der Waals surface area contributed by atoms with E-state index in [9.17, 15) is 0 Å². The molecule has 0 fully saturated rings. The first kappa shape index (κ1) is 13.8. The molecule has 0 heterocycles. The summed E-state index contributed by atoms with van der Waals surface area (Å²) in [5.74, 6) is 0.742. The molecule has 0 saturated carbocycles. The number of hydrogen-bond acceptors (Lipinski definition) is 1. The van der Waals surface area contributed by atoms with E-state index < -0.39 is 8.07 Å². The molecular formula is C12H26OSi. The van der Waals surface area contributed by atoms with E-state index in [1.165, 1.54) is 6.04 Å². The van der Waals surface area contributed by atoms with Crippen molar-refractivity contribution < 1.29 is 4.74 Å². The smallest absolute Gasteiger partial charge is 0.130 e. The SMILES string of the molecule is C=C(OCC)[Si](C)(CC(C)C)C(C)C. The summed E-state index contributed by atoms with van der Waals surface area (Å²) in [6.07, 6.45) is 0. The van der Waals surface area contributed by atoms with Crippen molar-refractivity contribution in [3.8, 4) is 0 Å². The molecule has 0 aliphatic rings. The zero-order chi connectivity index (χ0) is 11.4. The van der Waals surface area contributed by atoms with E-state index in [4.69, 9.17) is 4.74 Å². The Labute approximate surface area is 90.6 Å². The van der Waals surface area contributed by atoms with Crippen molar-refractivity contribution in [1.82, 2.24) is 0 Å². The highest BCUT2D eigenvalue weighted by Gasteiger charge is 2.36. The van der Waals surface area contributed by atoms with Gasteiger partial charge in [-0.1, -0.05) is 40.8 Å². The third kappa shape index (κ3) is 3.49. The molecule has 0 spiro atoms. The molecule has 84 valence electrons. The van der Waals surface area contributed by atoms with Gasteiger partial charge in [0, 0.05) is 0 Å². The van der Waals surface area contributed by atoms with Crippen LogP contribution >= 0.6 is 0 Å². The molecule has 0 radical (unpaired) electrons. The molecule has 0 saturated heterocycles. The van der Waals surface area contributed by atoms with Gasteiger partial charge in [0.2, 0.25) is 0 Å². The van der Waals surface area contributed by atoms with Gasteiger partial charge >= 0.3 is 0 Å². The second-order valence-corrected chi connectivity index (χ2v) is 9.98. The summed E-state index contributed by atoms with van der Waals surface area (Å²) >= 11 is 0. The second kappa shape index (κ2) is 5.59. The van der Waals surface area contributed by atoms with Crippen LogP contribution in [0.2, 0.25) is 18.1 Å². The van der Waals surface area contributed by atoms with Crippen molar-refractivity contribution in [2.24, 2.45) is 5.92 Å². The lowest BCUT2D eigenvalue weighted by Gasteiger charge is -2.34. The van der Waals surface area contributed by atoms with Gasteiger partial charge in [-0.25, -0.2) is 0 Å². The minimum absolute atomic E-state index is 0.712. The van der Waals surface area contributed by atoms with Crippen LogP contribution in [0.1, 0.15) is 34.6 Å². The lowest BCUT2D eigenvalue weighted by molar-refractivity contribution is 0.250. The molecule has 0 amide bonds. The maximum atomic E-state index is 5.64. The summed E-state index contributed by atoms with van der Waals surface area (Å²) in [7, 11) is -1.43. The quantitative estimate of drug-likeness (QED) is 0.475. The van der Waals surface area contributed by atoms with E-state index in [0.29, 0.717) is 5.54 Å². The van der Waals surface area contributed by atoms with E-state index in [2.05, 4.69) is 40.8 Å². The summed E-state index contributed by atoms with van der Waals surface area (Å²) in [4.78, 5) is 0. The molecule has 0 N–H and O–H groups in total. The summed E-state index contributed by atoms with van der Waals surface area (Å²) in [6, 6.07) is 1.28. The van der Waals surface area contributed by atoms with Crippen LogP contribution in [0.25, 0.3) is 0 Å². The van der Waals surface area contributed by atoms with Crippen molar-refractivity contribution in [2.45, 2.75) is 52.8 Å². The Bertz CT molecular complexity index is 187. The first-order valence-corrected chi connectivity index (χ1v) is 8.45. The molecule has 0 aromatic heterocycles. The fourth-order valence-electron chi connectivity index (χ4n) is 1.86. The first-order valence-electron chi connectivity index (χ1n) is 5.66. The van der Waals surface area contributed by atoms with Crippen LogP contribution in [0, 0.1) is 5.92 Å². The highest BCUT2D eigenvalue weighted by molar-refractivity contribution is 6.85. The average Bonchev–Trinajstić information content (AvgIpc) is 2.02. The number of rotatable bonds is 6. The van der Waals surface area contributed by atoms with Crippen LogP contribution < -0.4 is 0 Å². The van der Waals surface area contributed by atoms with E-state index >= 15 is 0 Å². The molecule has 2 heteroatoms. The summed E-state index contributed by atoms with van der Waals surface area (Å²) < 4.78 is 5.64. The summed E-state index contributed by atoms with van der Waals surface area (Å²) in [5, 5.41) is 1.09. The fraction of sp³-hybridized carbons (Fsp3) is 0.833. The van der Waals surface area contributed by atoms with Crippen molar-refractivity contribution in [1.29, 1.82) is 0 Å². The Morgan fingerprint density at radius 3 is 2.07 bits per heavy atom. The van der Waals surface area contributed by atoms with Crippen molar-refractivity contribution in [2.75, 3.05) is 6.61 Å². The average molecular weight is 214 g/mol. The molecule has 1 nitrogen and oxygen atoms in total. The number of hydrogen-bond donors (Lipinski definition) is 0. The molecule has 0 rings (SSSR count). The molecule has 1 unspecified atom stereocenters. The lowest BCUT2D eigenvalue weighted by atomic mass is 10.3. The Morgan fingerprint density at radius 2 is 1.79 bits per heavy atom. The molecule has 14 heavy (non-hydrogen) atoms. The zero-order valence-corrected chi connectivity index (χ0v) is 11.7. The third-order valence-electron chi connectivity index (χ3n) is 3.06. The monoisotopic (exact) mass is 214 g/mol. The highest BCUT2D eigenvalue weighted by Crippen LogP contribution is 2.34. The van der Waals surface area contributed by atoms with Crippen LogP contribution in [-0.2, 0) is 4.74 Å². The minimum Gasteiger partial charge on any atom is -0.504 e. The molecule has 0 bridgehead atoms. The van der Waals surface area contributed by atoms with Gasteiger partial charge in [-0.2, -0.15) is 0 Å². The Morgan fingerprint density at radius 1 is 1.29 bits per heavy atom. The van der Waals surface area contributed by atoms with Gasteiger partial charge < -0.3 is 4.74 Å². The van der Waals surface area contributed by atoms with E-state index in [1.54, 1.807) is 0 Å². The molecule has 0 aromatic carbocycles. The third-order valence-corrected chi connectivity index (χ3v) is 8.69. The predicted octanol–water partition coefficient (Wildman–Crippen LogP) is 4.22. The normalized spacial score (nSPS) is 15.7. The topological polar surface area (TPSA) is 9.23 Å². The van der Waals surface area contributed by atoms with Gasteiger partial charge in [-0.3, -0.25) is 0 Å². The first-order chi connectivity index (χ1) is 6.34. The second-order valence-electron chi connectivity index (χ2n) is 5.03. The van der Waals surface area contributed by atoms with Crippen LogP contribution in [-0.4, -0.2) is 14.7 Å². The van der Waals surface area contributed by atoms with Crippen LogP contribution in [0.4, 0.5) is 0 Å². The van der Waals surface area contributed by atoms with Crippen molar-refractivity contribution >= 4 is 8.07 Å². The van der Waals surface area contributed by atoms with E-state index in [-0.39, 0.29) is 0 Å².